The second-order valence-electron chi connectivity index (χ2n) is 7.70. The van der Waals surface area contributed by atoms with E-state index < -0.39 is 5.63 Å². The summed E-state index contributed by atoms with van der Waals surface area (Å²) in [6.07, 6.45) is 1.80. The molecular formula is C23H25N3O4. The molecule has 0 atom stereocenters. The fourth-order valence-corrected chi connectivity index (χ4v) is 3.59. The van der Waals surface area contributed by atoms with Gasteiger partial charge in [0.2, 0.25) is 0 Å². The Morgan fingerprint density at radius 2 is 1.93 bits per heavy atom. The van der Waals surface area contributed by atoms with Crippen LogP contribution in [0.15, 0.2) is 57.9 Å². The van der Waals surface area contributed by atoms with Gasteiger partial charge in [0.15, 0.2) is 0 Å². The lowest BCUT2D eigenvalue weighted by Crippen LogP contribution is -2.49. The summed E-state index contributed by atoms with van der Waals surface area (Å²) >= 11 is 0. The Morgan fingerprint density at radius 1 is 1.13 bits per heavy atom. The maximum atomic E-state index is 13.0. The first-order valence-electron chi connectivity index (χ1n) is 10.2. The standard InChI is InChI=1S/C23H25N3O4/c1-16(2)29-19-7-6-17-13-20(23(28)30-21(17)14-19)22(27)26-11-9-25(10-12-26)15-18-5-3-4-8-24-18/h3-8,13-14,16H,9-12,15H2,1-2H3. The average Bonchev–Trinajstić information content (AvgIpc) is 2.73. The molecule has 1 fully saturated rings. The van der Waals surface area contributed by atoms with Crippen LogP contribution < -0.4 is 10.4 Å². The second kappa shape index (κ2) is 8.67. The van der Waals surface area contributed by atoms with Crippen LogP contribution in [0.1, 0.15) is 29.9 Å². The van der Waals surface area contributed by atoms with E-state index in [0.717, 1.165) is 25.3 Å². The lowest BCUT2D eigenvalue weighted by atomic mass is 10.1. The fraction of sp³-hybridized carbons (Fsp3) is 0.348. The minimum absolute atomic E-state index is 0.0198. The number of amides is 1. The number of fused-ring (bicyclic) bond motifs is 1. The van der Waals surface area contributed by atoms with Gasteiger partial charge in [-0.2, -0.15) is 0 Å². The van der Waals surface area contributed by atoms with Crippen molar-refractivity contribution < 1.29 is 13.9 Å². The molecule has 0 bridgehead atoms. The number of hydrogen-bond acceptors (Lipinski definition) is 6. The largest absolute Gasteiger partial charge is 0.491 e. The molecule has 1 aliphatic rings. The van der Waals surface area contributed by atoms with Gasteiger partial charge in [0.05, 0.1) is 11.8 Å². The van der Waals surface area contributed by atoms with E-state index in [1.54, 1.807) is 29.3 Å². The Kier molecular flexibility index (Phi) is 5.81. The van der Waals surface area contributed by atoms with Gasteiger partial charge in [0.25, 0.3) is 5.91 Å². The lowest BCUT2D eigenvalue weighted by molar-refractivity contribution is 0.0623. The van der Waals surface area contributed by atoms with E-state index in [2.05, 4.69) is 9.88 Å². The zero-order chi connectivity index (χ0) is 21.1. The molecule has 2 aromatic heterocycles. The maximum Gasteiger partial charge on any atom is 0.349 e. The van der Waals surface area contributed by atoms with Crippen molar-refractivity contribution in [2.24, 2.45) is 0 Å². The van der Waals surface area contributed by atoms with Crippen molar-refractivity contribution in [2.45, 2.75) is 26.5 Å². The minimum atomic E-state index is -0.620. The van der Waals surface area contributed by atoms with Crippen LogP contribution in [0.5, 0.6) is 5.75 Å². The molecule has 3 heterocycles. The van der Waals surface area contributed by atoms with Gasteiger partial charge in [-0.05, 0) is 44.2 Å². The zero-order valence-electron chi connectivity index (χ0n) is 17.2. The molecule has 0 N–H and O–H groups in total. The average molecular weight is 407 g/mol. The zero-order valence-corrected chi connectivity index (χ0v) is 17.2. The molecule has 1 amide bonds. The van der Waals surface area contributed by atoms with Crippen LogP contribution in [0.25, 0.3) is 11.0 Å². The molecule has 7 heteroatoms. The summed E-state index contributed by atoms with van der Waals surface area (Å²) < 4.78 is 11.1. The molecular weight excluding hydrogens is 382 g/mol. The van der Waals surface area contributed by atoms with Crippen molar-refractivity contribution in [1.82, 2.24) is 14.8 Å². The molecule has 0 saturated carbocycles. The van der Waals surface area contributed by atoms with E-state index in [4.69, 9.17) is 9.15 Å². The van der Waals surface area contributed by atoms with Crippen LogP contribution in [0.3, 0.4) is 0 Å². The Morgan fingerprint density at radius 3 is 2.63 bits per heavy atom. The van der Waals surface area contributed by atoms with E-state index in [0.29, 0.717) is 29.8 Å². The predicted molar refractivity (Wildman–Crippen MR) is 114 cm³/mol. The number of pyridine rings is 1. The molecule has 0 unspecified atom stereocenters. The maximum absolute atomic E-state index is 13.0. The Balaban J connectivity index is 1.45. The molecule has 1 saturated heterocycles. The summed E-state index contributed by atoms with van der Waals surface area (Å²) in [5.41, 5.74) is 0.867. The van der Waals surface area contributed by atoms with E-state index >= 15 is 0 Å². The van der Waals surface area contributed by atoms with Gasteiger partial charge in [-0.15, -0.1) is 0 Å². The van der Waals surface area contributed by atoms with Gasteiger partial charge in [-0.1, -0.05) is 6.07 Å². The summed E-state index contributed by atoms with van der Waals surface area (Å²) in [5.74, 6) is 0.342. The SMILES string of the molecule is CC(C)Oc1ccc2cc(C(=O)N3CCN(Cc4ccccn4)CC3)c(=O)oc2c1. The van der Waals surface area contributed by atoms with Crippen molar-refractivity contribution >= 4 is 16.9 Å². The van der Waals surface area contributed by atoms with Gasteiger partial charge in [0, 0.05) is 50.4 Å². The highest BCUT2D eigenvalue weighted by Crippen LogP contribution is 2.22. The van der Waals surface area contributed by atoms with Gasteiger partial charge in [-0.25, -0.2) is 4.79 Å². The van der Waals surface area contributed by atoms with Gasteiger partial charge in [0.1, 0.15) is 16.9 Å². The van der Waals surface area contributed by atoms with Crippen LogP contribution >= 0.6 is 0 Å². The summed E-state index contributed by atoms with van der Waals surface area (Å²) in [4.78, 5) is 33.8. The Bertz CT molecular complexity index is 1090. The molecule has 1 aliphatic heterocycles. The number of rotatable bonds is 5. The molecule has 0 spiro atoms. The van der Waals surface area contributed by atoms with Crippen LogP contribution in [0.2, 0.25) is 0 Å². The number of nitrogens with zero attached hydrogens (tertiary/aromatic N) is 3. The smallest absolute Gasteiger partial charge is 0.349 e. The highest BCUT2D eigenvalue weighted by molar-refractivity contribution is 5.96. The minimum Gasteiger partial charge on any atom is -0.491 e. The third-order valence-corrected chi connectivity index (χ3v) is 5.08. The van der Waals surface area contributed by atoms with Gasteiger partial charge >= 0.3 is 5.63 Å². The first kappa shape index (κ1) is 20.1. The first-order chi connectivity index (χ1) is 14.5. The van der Waals surface area contributed by atoms with Crippen LogP contribution in [0.4, 0.5) is 0 Å². The van der Waals surface area contributed by atoms with Crippen LogP contribution in [-0.2, 0) is 6.54 Å². The second-order valence-corrected chi connectivity index (χ2v) is 7.70. The molecule has 0 aliphatic carbocycles. The lowest BCUT2D eigenvalue weighted by Gasteiger charge is -2.34. The number of piperazine rings is 1. The van der Waals surface area contributed by atoms with Crippen molar-refractivity contribution in [2.75, 3.05) is 26.2 Å². The number of benzene rings is 1. The number of carbonyl (C=O) groups is 1. The number of hydrogen-bond donors (Lipinski definition) is 0. The van der Waals surface area contributed by atoms with E-state index in [1.165, 1.54) is 0 Å². The van der Waals surface area contributed by atoms with Gasteiger partial charge < -0.3 is 14.1 Å². The number of ether oxygens (including phenoxy) is 1. The van der Waals surface area contributed by atoms with Crippen molar-refractivity contribution in [3.05, 3.63) is 70.3 Å². The molecule has 30 heavy (non-hydrogen) atoms. The molecule has 4 rings (SSSR count). The van der Waals surface area contributed by atoms with E-state index in [9.17, 15) is 9.59 Å². The summed E-state index contributed by atoms with van der Waals surface area (Å²) in [7, 11) is 0. The number of aromatic nitrogens is 1. The molecule has 156 valence electrons. The van der Waals surface area contributed by atoms with Crippen molar-refractivity contribution in [3.8, 4) is 5.75 Å². The highest BCUT2D eigenvalue weighted by Gasteiger charge is 2.25. The molecule has 0 radical (unpaired) electrons. The molecule has 7 nitrogen and oxygen atoms in total. The highest BCUT2D eigenvalue weighted by atomic mass is 16.5. The molecule has 1 aromatic carbocycles. The van der Waals surface area contributed by atoms with Gasteiger partial charge in [-0.3, -0.25) is 14.7 Å². The van der Waals surface area contributed by atoms with E-state index in [-0.39, 0.29) is 17.6 Å². The first-order valence-corrected chi connectivity index (χ1v) is 10.2. The van der Waals surface area contributed by atoms with E-state index in [1.807, 2.05) is 38.1 Å². The van der Waals surface area contributed by atoms with Crippen molar-refractivity contribution in [3.63, 3.8) is 0 Å². The Hall–Kier alpha value is -3.19. The monoisotopic (exact) mass is 407 g/mol. The Labute approximate surface area is 174 Å². The fourth-order valence-electron chi connectivity index (χ4n) is 3.59. The van der Waals surface area contributed by atoms with Crippen molar-refractivity contribution in [1.29, 1.82) is 0 Å². The number of carbonyl (C=O) groups excluding carboxylic acids is 1. The third kappa shape index (κ3) is 4.52. The van der Waals surface area contributed by atoms with Crippen LogP contribution in [-0.4, -0.2) is 53.0 Å². The summed E-state index contributed by atoms with van der Waals surface area (Å²) in [5, 5.41) is 0.697. The van der Waals surface area contributed by atoms with Crippen LogP contribution in [0, 0.1) is 0 Å². The quantitative estimate of drug-likeness (QED) is 0.606. The third-order valence-electron chi connectivity index (χ3n) is 5.08. The summed E-state index contributed by atoms with van der Waals surface area (Å²) in [6.45, 7) is 7.20. The topological polar surface area (TPSA) is 75.9 Å². The predicted octanol–water partition coefficient (Wildman–Crippen LogP) is 2.93. The summed E-state index contributed by atoms with van der Waals surface area (Å²) in [6, 6.07) is 12.8. The molecule has 3 aromatic rings. The normalized spacial score (nSPS) is 15.0.